The third-order valence-corrected chi connectivity index (χ3v) is 5.92. The van der Waals surface area contributed by atoms with E-state index in [2.05, 4.69) is 109 Å². The van der Waals surface area contributed by atoms with E-state index in [0.29, 0.717) is 0 Å². The number of nitrogens with zero attached hydrogens (tertiary/aromatic N) is 1. The lowest BCUT2D eigenvalue weighted by atomic mass is 9.84. The molecule has 25 heavy (non-hydrogen) atoms. The molecule has 0 saturated carbocycles. The maximum Gasteiger partial charge on any atom is 0.111 e. The Morgan fingerprint density at radius 1 is 0.720 bits per heavy atom. The minimum Gasteiger partial charge on any atom is -0.323 e. The molecule has 2 heteroatoms. The van der Waals surface area contributed by atoms with Crippen LogP contribution in [0.4, 0.5) is 0 Å². The lowest BCUT2D eigenvalue weighted by Gasteiger charge is -2.38. The van der Waals surface area contributed by atoms with Gasteiger partial charge in [-0.25, -0.2) is 0 Å². The lowest BCUT2D eigenvalue weighted by molar-refractivity contribution is 0.686. The highest BCUT2D eigenvalue weighted by Gasteiger charge is 2.38. The molecule has 0 saturated heterocycles. The van der Waals surface area contributed by atoms with E-state index in [1.807, 2.05) is 6.92 Å². The van der Waals surface area contributed by atoms with Crippen LogP contribution in [0.5, 0.6) is 0 Å². The van der Waals surface area contributed by atoms with Crippen LogP contribution in [0, 0.1) is 0 Å². The van der Waals surface area contributed by atoms with E-state index in [-0.39, 0.29) is 4.75 Å². The van der Waals surface area contributed by atoms with Crippen molar-refractivity contribution in [3.63, 3.8) is 0 Å². The zero-order chi connectivity index (χ0) is 17.7. The third kappa shape index (κ3) is 3.49. The smallest absolute Gasteiger partial charge is 0.111 e. The van der Waals surface area contributed by atoms with E-state index in [4.69, 9.17) is 0 Å². The van der Waals surface area contributed by atoms with Gasteiger partial charge in [-0.1, -0.05) is 97.6 Å². The average molecular weight is 346 g/mol. The molecule has 0 N–H and O–H groups in total. The fourth-order valence-electron chi connectivity index (χ4n) is 2.96. The van der Waals surface area contributed by atoms with E-state index in [1.165, 1.54) is 16.7 Å². The molecule has 0 radical (unpaired) electrons. The summed E-state index contributed by atoms with van der Waals surface area (Å²) in [6, 6.07) is 32.1. The van der Waals surface area contributed by atoms with Crippen molar-refractivity contribution in [2.45, 2.75) is 11.7 Å². The van der Waals surface area contributed by atoms with Crippen molar-refractivity contribution in [3.8, 4) is 0 Å². The van der Waals surface area contributed by atoms with Gasteiger partial charge in [0.25, 0.3) is 0 Å². The molecule has 1 nitrogen and oxygen atoms in total. The number of rotatable bonds is 6. The summed E-state index contributed by atoms with van der Waals surface area (Å²) in [5, 5.41) is 0. The Morgan fingerprint density at radius 2 is 1.04 bits per heavy atom. The van der Waals surface area contributed by atoms with Gasteiger partial charge in [-0.3, -0.25) is 0 Å². The Kier molecular flexibility index (Phi) is 5.30. The molecular formula is C23H23NS. The summed E-state index contributed by atoms with van der Waals surface area (Å²) in [5.41, 5.74) is 4.79. The molecule has 3 rings (SSSR count). The van der Waals surface area contributed by atoms with Crippen LogP contribution in [0.25, 0.3) is 0 Å². The summed E-state index contributed by atoms with van der Waals surface area (Å²) in [7, 11) is 2.08. The van der Waals surface area contributed by atoms with Gasteiger partial charge in [-0.15, -0.1) is 0 Å². The van der Waals surface area contributed by atoms with E-state index in [9.17, 15) is 0 Å². The molecule has 0 atom stereocenters. The zero-order valence-corrected chi connectivity index (χ0v) is 15.5. The van der Waals surface area contributed by atoms with E-state index in [0.717, 1.165) is 5.70 Å². The summed E-state index contributed by atoms with van der Waals surface area (Å²) >= 11 is 1.79. The number of allylic oxidation sites excluding steroid dienone is 1. The van der Waals surface area contributed by atoms with Gasteiger partial charge in [-0.05, 0) is 35.6 Å². The highest BCUT2D eigenvalue weighted by molar-refractivity contribution is 7.98. The first-order chi connectivity index (χ1) is 12.1. The van der Waals surface area contributed by atoms with Crippen LogP contribution in [-0.2, 0) is 4.75 Å². The Morgan fingerprint density at radius 3 is 1.32 bits per heavy atom. The second-order valence-corrected chi connectivity index (χ2v) is 7.45. The molecule has 0 aliphatic rings. The first-order valence-corrected chi connectivity index (χ1v) is 9.17. The summed E-state index contributed by atoms with van der Waals surface area (Å²) in [6.07, 6.45) is 0. The topological polar surface area (TPSA) is 3.24 Å². The molecule has 0 heterocycles. The normalized spacial score (nSPS) is 11.1. The second kappa shape index (κ2) is 7.62. The maximum absolute atomic E-state index is 4.13. The Balaban J connectivity index is 2.29. The van der Waals surface area contributed by atoms with E-state index >= 15 is 0 Å². The van der Waals surface area contributed by atoms with Gasteiger partial charge in [0, 0.05) is 12.7 Å². The Labute approximate surface area is 155 Å². The quantitative estimate of drug-likeness (QED) is 0.393. The van der Waals surface area contributed by atoms with Crippen LogP contribution >= 0.6 is 11.9 Å². The van der Waals surface area contributed by atoms with E-state index in [1.54, 1.807) is 11.9 Å². The predicted molar refractivity (Wildman–Crippen MR) is 109 cm³/mol. The van der Waals surface area contributed by atoms with Crippen LogP contribution in [-0.4, -0.2) is 11.4 Å². The summed E-state index contributed by atoms with van der Waals surface area (Å²) < 4.78 is 1.82. The van der Waals surface area contributed by atoms with Crippen LogP contribution in [0.15, 0.2) is 103 Å². The van der Waals surface area contributed by atoms with Crippen LogP contribution in [0.3, 0.4) is 0 Å². The molecular weight excluding hydrogens is 322 g/mol. The minimum atomic E-state index is -0.336. The van der Waals surface area contributed by atoms with Crippen molar-refractivity contribution in [3.05, 3.63) is 120 Å². The van der Waals surface area contributed by atoms with Crippen LogP contribution in [0.1, 0.15) is 23.6 Å². The van der Waals surface area contributed by atoms with Crippen molar-refractivity contribution in [1.29, 1.82) is 0 Å². The Bertz CT molecular complexity index is 716. The van der Waals surface area contributed by atoms with Gasteiger partial charge in [0.05, 0.1) is 0 Å². The second-order valence-electron chi connectivity index (χ2n) is 6.10. The minimum absolute atomic E-state index is 0.336. The maximum atomic E-state index is 4.13. The highest BCUT2D eigenvalue weighted by atomic mass is 32.2. The van der Waals surface area contributed by atoms with Gasteiger partial charge in [-0.2, -0.15) is 0 Å². The summed E-state index contributed by atoms with van der Waals surface area (Å²) in [6.45, 7) is 6.17. The van der Waals surface area contributed by atoms with Gasteiger partial charge < -0.3 is 4.31 Å². The molecule has 3 aromatic rings. The number of hydrogen-bond acceptors (Lipinski definition) is 2. The number of hydrogen-bond donors (Lipinski definition) is 0. The van der Waals surface area contributed by atoms with E-state index < -0.39 is 0 Å². The molecule has 0 aliphatic carbocycles. The van der Waals surface area contributed by atoms with Gasteiger partial charge in [0.2, 0.25) is 0 Å². The predicted octanol–water partition coefficient (Wildman–Crippen LogP) is 6.09. The standard InChI is InChI=1S/C23H23NS/c1-19(2)24(3)25-23(20-13-7-4-8-14-20,21-15-9-5-10-16-21)22-17-11-6-12-18-22/h4-18H,1H2,2-3H3. The molecule has 126 valence electrons. The largest absolute Gasteiger partial charge is 0.323 e. The molecule has 0 spiro atoms. The van der Waals surface area contributed by atoms with Gasteiger partial charge in [0.1, 0.15) is 4.75 Å². The summed E-state index contributed by atoms with van der Waals surface area (Å²) in [4.78, 5) is 0. The zero-order valence-electron chi connectivity index (χ0n) is 14.7. The molecule has 0 bridgehead atoms. The lowest BCUT2D eigenvalue weighted by Crippen LogP contribution is -2.29. The molecule has 0 unspecified atom stereocenters. The first kappa shape index (κ1) is 17.4. The van der Waals surface area contributed by atoms with Crippen molar-refractivity contribution < 1.29 is 0 Å². The fourth-order valence-corrected chi connectivity index (χ4v) is 4.25. The number of benzene rings is 3. The van der Waals surface area contributed by atoms with Gasteiger partial charge >= 0.3 is 0 Å². The van der Waals surface area contributed by atoms with Crippen molar-refractivity contribution in [2.75, 3.05) is 7.05 Å². The van der Waals surface area contributed by atoms with Crippen molar-refractivity contribution in [2.24, 2.45) is 0 Å². The SMILES string of the molecule is C=C(C)N(C)SC(c1ccccc1)(c1ccccc1)c1ccccc1. The van der Waals surface area contributed by atoms with Crippen molar-refractivity contribution in [1.82, 2.24) is 4.31 Å². The van der Waals surface area contributed by atoms with Crippen LogP contribution in [0.2, 0.25) is 0 Å². The fraction of sp³-hybridized carbons (Fsp3) is 0.130. The molecule has 0 aromatic heterocycles. The molecule has 0 aliphatic heterocycles. The highest BCUT2D eigenvalue weighted by Crippen LogP contribution is 2.49. The monoisotopic (exact) mass is 345 g/mol. The molecule has 0 fully saturated rings. The van der Waals surface area contributed by atoms with Gasteiger partial charge in [0.15, 0.2) is 0 Å². The van der Waals surface area contributed by atoms with Crippen molar-refractivity contribution >= 4 is 11.9 Å². The third-order valence-electron chi connectivity index (χ3n) is 4.35. The first-order valence-electron chi connectivity index (χ1n) is 8.39. The Hall–Kier alpha value is -2.45. The van der Waals surface area contributed by atoms with Crippen LogP contribution < -0.4 is 0 Å². The molecule has 0 amide bonds. The molecule has 3 aromatic carbocycles. The summed E-state index contributed by atoms with van der Waals surface area (Å²) in [5.74, 6) is 0. The average Bonchev–Trinajstić information content (AvgIpc) is 2.68.